The second kappa shape index (κ2) is 10.7. The molecule has 0 amide bonds. The molecule has 2 aromatic carbocycles. The van der Waals surface area contributed by atoms with Crippen LogP contribution >= 0.6 is 12.2 Å². The molecule has 1 heterocycles. The van der Waals surface area contributed by atoms with Gasteiger partial charge in [0.1, 0.15) is 16.5 Å². The van der Waals surface area contributed by atoms with Crippen molar-refractivity contribution in [3.05, 3.63) is 58.8 Å². The van der Waals surface area contributed by atoms with Gasteiger partial charge < -0.3 is 14.8 Å². The molecule has 34 heavy (non-hydrogen) atoms. The van der Waals surface area contributed by atoms with E-state index in [0.29, 0.717) is 0 Å². The van der Waals surface area contributed by atoms with Gasteiger partial charge in [-0.1, -0.05) is 52.9 Å². The van der Waals surface area contributed by atoms with Gasteiger partial charge in [0.05, 0.1) is 0 Å². The summed E-state index contributed by atoms with van der Waals surface area (Å²) in [7, 11) is 2.10. The zero-order valence-electron chi connectivity index (χ0n) is 21.5. The molecule has 0 saturated heterocycles. The Hall–Kier alpha value is -2.66. The number of hydrogen-bond donors (Lipinski definition) is 2. The normalized spacial score (nSPS) is 14.1. The van der Waals surface area contributed by atoms with E-state index in [1.807, 2.05) is 26.8 Å². The van der Waals surface area contributed by atoms with Crippen molar-refractivity contribution < 1.29 is 10.2 Å². The minimum atomic E-state index is -0.0952. The van der Waals surface area contributed by atoms with Crippen molar-refractivity contribution in [2.75, 3.05) is 0 Å². The summed E-state index contributed by atoms with van der Waals surface area (Å²) in [4.78, 5) is 5.65. The monoisotopic (exact) mass is 478 g/mol. The summed E-state index contributed by atoms with van der Waals surface area (Å²) < 4.78 is 2.21. The largest absolute Gasteiger partial charge is 0.508 e. The number of aromatic nitrogens is 1. The van der Waals surface area contributed by atoms with E-state index in [4.69, 9.17) is 17.2 Å². The Morgan fingerprint density at radius 3 is 2.29 bits per heavy atom. The highest BCUT2D eigenvalue weighted by molar-refractivity contribution is 7.80. The van der Waals surface area contributed by atoms with Crippen LogP contribution in [0.25, 0.3) is 10.9 Å². The summed E-state index contributed by atoms with van der Waals surface area (Å²) in [5, 5.41) is 22.0. The molecule has 0 fully saturated rings. The predicted molar refractivity (Wildman–Crippen MR) is 148 cm³/mol. The summed E-state index contributed by atoms with van der Waals surface area (Å²) >= 11 is 5.83. The fourth-order valence-corrected chi connectivity index (χ4v) is 5.04. The van der Waals surface area contributed by atoms with Crippen molar-refractivity contribution in [3.8, 4) is 11.5 Å². The molecule has 2 atom stereocenters. The molecule has 0 aliphatic heterocycles. The van der Waals surface area contributed by atoms with Crippen LogP contribution in [-0.2, 0) is 13.5 Å². The van der Waals surface area contributed by atoms with E-state index in [0.717, 1.165) is 41.1 Å². The van der Waals surface area contributed by atoms with Crippen LogP contribution in [0.5, 0.6) is 11.5 Å². The molecule has 2 unspecified atom stereocenters. The Morgan fingerprint density at radius 1 is 1.00 bits per heavy atom. The standard InChI is InChI=1S/C29H38N2O2S/c1-8-21(13-20-10-11-26-22(14-20)12-18(5)31(26)7)29(34)30-25(9-2)19(6)24-15-23(17(3)4)27(32)16-28(24)33/h10-12,14-17,19,21,32-33H,8-9,13H2,1-7H3. The van der Waals surface area contributed by atoms with Crippen LogP contribution in [0.3, 0.4) is 0 Å². The molecule has 0 saturated carbocycles. The highest BCUT2D eigenvalue weighted by Gasteiger charge is 2.21. The van der Waals surface area contributed by atoms with Gasteiger partial charge in [-0.25, -0.2) is 4.99 Å². The second-order valence-electron chi connectivity index (χ2n) is 9.69. The number of phenolic OH excluding ortho intramolecular Hbond substituents is 2. The average molecular weight is 479 g/mol. The number of thiocarbonyl (C=S) groups is 1. The first-order valence-corrected chi connectivity index (χ1v) is 12.7. The van der Waals surface area contributed by atoms with Gasteiger partial charge in [-0.3, -0.25) is 0 Å². The Labute approximate surface area is 209 Å². The van der Waals surface area contributed by atoms with E-state index >= 15 is 0 Å². The zero-order chi connectivity index (χ0) is 25.2. The highest BCUT2D eigenvalue weighted by atomic mass is 32.1. The van der Waals surface area contributed by atoms with Gasteiger partial charge in [0.25, 0.3) is 0 Å². The van der Waals surface area contributed by atoms with Crippen LogP contribution < -0.4 is 0 Å². The quantitative estimate of drug-likeness (QED) is 0.259. The van der Waals surface area contributed by atoms with Crippen LogP contribution in [0.2, 0.25) is 0 Å². The molecule has 182 valence electrons. The summed E-state index contributed by atoms with van der Waals surface area (Å²) in [6, 6.07) is 12.2. The third-order valence-electron chi connectivity index (χ3n) is 7.05. The fourth-order valence-electron chi connectivity index (χ4n) is 4.67. The summed E-state index contributed by atoms with van der Waals surface area (Å²) in [5.74, 6) is 0.461. The SMILES string of the molecule is CCC(=NC(=S)C(CC)Cc1ccc2c(c1)cc(C)n2C)C(C)c1cc(C(C)C)c(O)cc1O. The lowest BCUT2D eigenvalue weighted by Crippen LogP contribution is -2.17. The predicted octanol–water partition coefficient (Wildman–Crippen LogP) is 7.57. The second-order valence-corrected chi connectivity index (χ2v) is 10.1. The van der Waals surface area contributed by atoms with Gasteiger partial charge in [-0.05, 0) is 67.5 Å². The van der Waals surface area contributed by atoms with Crippen LogP contribution in [0.4, 0.5) is 0 Å². The van der Waals surface area contributed by atoms with E-state index in [1.54, 1.807) is 0 Å². The van der Waals surface area contributed by atoms with Crippen molar-refractivity contribution in [2.24, 2.45) is 18.0 Å². The minimum absolute atomic E-state index is 0.0952. The maximum Gasteiger partial charge on any atom is 0.123 e. The van der Waals surface area contributed by atoms with E-state index < -0.39 is 0 Å². The number of nitrogens with zero attached hydrogens (tertiary/aromatic N) is 2. The number of hydrogen-bond acceptors (Lipinski definition) is 3. The van der Waals surface area contributed by atoms with Crippen LogP contribution in [-0.4, -0.2) is 25.5 Å². The van der Waals surface area contributed by atoms with Crippen molar-refractivity contribution >= 4 is 33.8 Å². The molecule has 0 bridgehead atoms. The summed E-state index contributed by atoms with van der Waals surface area (Å²) in [5.41, 5.74) is 6.32. The van der Waals surface area contributed by atoms with Crippen molar-refractivity contribution in [3.63, 3.8) is 0 Å². The lowest BCUT2D eigenvalue weighted by molar-refractivity contribution is 0.439. The molecule has 4 nitrogen and oxygen atoms in total. The van der Waals surface area contributed by atoms with Gasteiger partial charge in [-0.15, -0.1) is 0 Å². The number of fused-ring (bicyclic) bond motifs is 1. The molecule has 5 heteroatoms. The number of aromatic hydroxyl groups is 2. The lowest BCUT2D eigenvalue weighted by Gasteiger charge is -2.20. The summed E-state index contributed by atoms with van der Waals surface area (Å²) in [6.45, 7) is 12.5. The van der Waals surface area contributed by atoms with Gasteiger partial charge in [-0.2, -0.15) is 0 Å². The van der Waals surface area contributed by atoms with Crippen LogP contribution in [0, 0.1) is 12.8 Å². The fraction of sp³-hybridized carbons (Fsp3) is 0.448. The van der Waals surface area contributed by atoms with Gasteiger partial charge in [0, 0.05) is 52.8 Å². The number of aryl methyl sites for hydroxylation is 2. The van der Waals surface area contributed by atoms with E-state index in [2.05, 4.69) is 56.7 Å². The van der Waals surface area contributed by atoms with E-state index in [-0.39, 0.29) is 29.3 Å². The Kier molecular flexibility index (Phi) is 8.19. The van der Waals surface area contributed by atoms with Crippen molar-refractivity contribution in [2.45, 2.75) is 72.6 Å². The topological polar surface area (TPSA) is 57.8 Å². The molecular weight excluding hydrogens is 440 g/mol. The Bertz CT molecular complexity index is 1220. The number of rotatable bonds is 8. The van der Waals surface area contributed by atoms with Gasteiger partial charge in [0.15, 0.2) is 0 Å². The van der Waals surface area contributed by atoms with Crippen LogP contribution in [0.15, 0.2) is 41.4 Å². The maximum atomic E-state index is 10.6. The molecule has 3 rings (SSSR count). The zero-order valence-corrected chi connectivity index (χ0v) is 22.3. The molecule has 3 aromatic rings. The first-order valence-electron chi connectivity index (χ1n) is 12.3. The minimum Gasteiger partial charge on any atom is -0.508 e. The molecule has 0 radical (unpaired) electrons. The smallest absolute Gasteiger partial charge is 0.123 e. The third-order valence-corrected chi connectivity index (χ3v) is 7.48. The lowest BCUT2D eigenvalue weighted by atomic mass is 9.89. The van der Waals surface area contributed by atoms with Crippen molar-refractivity contribution in [1.29, 1.82) is 0 Å². The number of aliphatic imine (C=N–C) groups is 1. The average Bonchev–Trinajstić information content (AvgIpc) is 3.07. The highest BCUT2D eigenvalue weighted by Crippen LogP contribution is 2.37. The molecule has 0 aliphatic rings. The third kappa shape index (κ3) is 5.35. The molecule has 2 N–H and O–H groups in total. The first kappa shape index (κ1) is 26.0. The van der Waals surface area contributed by atoms with Gasteiger partial charge >= 0.3 is 0 Å². The van der Waals surface area contributed by atoms with Crippen LogP contribution in [0.1, 0.15) is 81.7 Å². The maximum absolute atomic E-state index is 10.6. The Balaban J connectivity index is 1.86. The first-order chi connectivity index (χ1) is 16.1. The number of benzene rings is 2. The molecule has 0 spiro atoms. The van der Waals surface area contributed by atoms with Crippen molar-refractivity contribution in [1.82, 2.24) is 4.57 Å². The van der Waals surface area contributed by atoms with E-state index in [9.17, 15) is 10.2 Å². The molecular formula is C29H38N2O2S. The van der Waals surface area contributed by atoms with Gasteiger partial charge in [0.2, 0.25) is 0 Å². The molecule has 1 aromatic heterocycles. The molecule has 0 aliphatic carbocycles. The number of phenols is 2. The van der Waals surface area contributed by atoms with E-state index in [1.165, 1.54) is 28.2 Å². The Morgan fingerprint density at radius 2 is 1.68 bits per heavy atom. The summed E-state index contributed by atoms with van der Waals surface area (Å²) in [6.07, 6.45) is 2.52.